The molecule has 0 amide bonds. The molecule has 1 aliphatic carbocycles. The van der Waals surface area contributed by atoms with E-state index in [0.717, 1.165) is 0 Å². The molecule has 4 heteroatoms. The van der Waals surface area contributed by atoms with E-state index in [1.807, 2.05) is 26.8 Å². The Bertz CT molecular complexity index is 495. The highest BCUT2D eigenvalue weighted by atomic mass is 16.2. The Kier molecular flexibility index (Phi) is 2.95. The van der Waals surface area contributed by atoms with Gasteiger partial charge in [0.1, 0.15) is 0 Å². The third kappa shape index (κ3) is 1.58. The molecule has 0 fully saturated rings. The van der Waals surface area contributed by atoms with Gasteiger partial charge in [-0.1, -0.05) is 41.5 Å². The van der Waals surface area contributed by atoms with Crippen LogP contribution in [0.5, 0.6) is 0 Å². The smallest absolute Gasteiger partial charge is 0.207 e. The summed E-state index contributed by atoms with van der Waals surface area (Å²) in [6.45, 7) is 10.6. The Balaban J connectivity index is 3.60. The quantitative estimate of drug-likeness (QED) is 0.664. The molecule has 2 N–H and O–H groups in total. The molecule has 1 aliphatic rings. The monoisotopic (exact) mass is 248 g/mol. The van der Waals surface area contributed by atoms with Crippen LogP contribution in [0.2, 0.25) is 0 Å². The van der Waals surface area contributed by atoms with Gasteiger partial charge >= 0.3 is 0 Å². The number of Topliss-reactive ketones (excluding diaryl/α,β-unsaturated/α-hetero) is 2. The van der Waals surface area contributed by atoms with E-state index in [1.165, 1.54) is 0 Å². The van der Waals surface area contributed by atoms with Gasteiger partial charge in [0.25, 0.3) is 0 Å². The maximum absolute atomic E-state index is 12.6. The topological polar surface area (TPSA) is 83.9 Å². The van der Waals surface area contributed by atoms with Crippen molar-refractivity contribution < 1.29 is 9.59 Å². The molecule has 0 aromatic heterocycles. The number of nitrogens with two attached hydrogens (primary N) is 1. The van der Waals surface area contributed by atoms with E-state index in [9.17, 15) is 14.9 Å². The largest absolute Gasteiger partial charge is 0.395 e. The van der Waals surface area contributed by atoms with Gasteiger partial charge in [0.15, 0.2) is 11.2 Å². The number of ketones is 2. The first-order valence-corrected chi connectivity index (χ1v) is 5.92. The van der Waals surface area contributed by atoms with E-state index in [1.54, 1.807) is 20.8 Å². The second-order valence-corrected chi connectivity index (χ2v) is 6.81. The molecule has 0 aromatic carbocycles. The summed E-state index contributed by atoms with van der Waals surface area (Å²) in [6.07, 6.45) is 0. The number of nitrogens with zero attached hydrogens (tertiary/aromatic N) is 1. The molecule has 4 nitrogen and oxygen atoms in total. The van der Waals surface area contributed by atoms with Crippen molar-refractivity contribution in [2.24, 2.45) is 22.0 Å². The Morgan fingerprint density at radius 2 is 1.50 bits per heavy atom. The summed E-state index contributed by atoms with van der Waals surface area (Å²) in [4.78, 5) is 24.9. The molecule has 1 rings (SSSR count). The second kappa shape index (κ2) is 3.68. The van der Waals surface area contributed by atoms with Crippen molar-refractivity contribution >= 4 is 11.6 Å². The van der Waals surface area contributed by atoms with E-state index in [4.69, 9.17) is 5.73 Å². The highest BCUT2D eigenvalue weighted by molar-refractivity contribution is 6.30. The van der Waals surface area contributed by atoms with Crippen LogP contribution in [0.25, 0.3) is 0 Å². The maximum atomic E-state index is 12.6. The van der Waals surface area contributed by atoms with Gasteiger partial charge in [-0.3, -0.25) is 9.59 Å². The molecule has 18 heavy (non-hydrogen) atoms. The van der Waals surface area contributed by atoms with Crippen LogP contribution < -0.4 is 5.73 Å². The molecule has 1 atom stereocenters. The van der Waals surface area contributed by atoms with E-state index in [0.29, 0.717) is 0 Å². The summed E-state index contributed by atoms with van der Waals surface area (Å²) in [7, 11) is 0. The molecule has 0 aromatic rings. The fourth-order valence-corrected chi connectivity index (χ4v) is 2.42. The van der Waals surface area contributed by atoms with Crippen molar-refractivity contribution in [1.82, 2.24) is 0 Å². The average Bonchev–Trinajstić information content (AvgIpc) is 2.33. The Morgan fingerprint density at radius 3 is 1.67 bits per heavy atom. The van der Waals surface area contributed by atoms with Crippen LogP contribution in [-0.2, 0) is 9.59 Å². The van der Waals surface area contributed by atoms with Crippen molar-refractivity contribution in [2.75, 3.05) is 0 Å². The number of nitriles is 1. The maximum Gasteiger partial charge on any atom is 0.207 e. The number of rotatable bonds is 0. The third-order valence-electron chi connectivity index (χ3n) is 3.46. The summed E-state index contributed by atoms with van der Waals surface area (Å²) in [6, 6.07) is 1.93. The van der Waals surface area contributed by atoms with Crippen LogP contribution in [0.4, 0.5) is 0 Å². The lowest BCUT2D eigenvalue weighted by molar-refractivity contribution is -0.136. The molecular formula is C14H20N2O2. The third-order valence-corrected chi connectivity index (χ3v) is 3.46. The lowest BCUT2D eigenvalue weighted by atomic mass is 9.63. The number of carbonyl (C=O) groups is 2. The first-order valence-electron chi connectivity index (χ1n) is 5.92. The summed E-state index contributed by atoms with van der Waals surface area (Å²) in [5, 5.41) is 9.42. The van der Waals surface area contributed by atoms with Gasteiger partial charge in [0, 0.05) is 5.57 Å². The fourth-order valence-electron chi connectivity index (χ4n) is 2.42. The average molecular weight is 248 g/mol. The van der Waals surface area contributed by atoms with Gasteiger partial charge in [-0.05, 0) is 10.8 Å². The zero-order valence-electron chi connectivity index (χ0n) is 11.8. The van der Waals surface area contributed by atoms with Crippen molar-refractivity contribution in [1.29, 1.82) is 5.26 Å². The van der Waals surface area contributed by atoms with Crippen LogP contribution in [0, 0.1) is 27.6 Å². The SMILES string of the molecule is CC(C)(C)C1=C(N)C(=O)C(C#N)(C(C)(C)C)C1=O. The summed E-state index contributed by atoms with van der Waals surface area (Å²) >= 11 is 0. The Morgan fingerprint density at radius 1 is 1.06 bits per heavy atom. The van der Waals surface area contributed by atoms with Gasteiger partial charge in [0.2, 0.25) is 5.78 Å². The van der Waals surface area contributed by atoms with E-state index < -0.39 is 27.8 Å². The highest BCUT2D eigenvalue weighted by Crippen LogP contribution is 2.50. The summed E-state index contributed by atoms with van der Waals surface area (Å²) in [5.41, 5.74) is 3.03. The molecule has 0 bridgehead atoms. The Labute approximate surface area is 108 Å². The molecule has 1 unspecified atom stereocenters. The van der Waals surface area contributed by atoms with Crippen LogP contribution >= 0.6 is 0 Å². The standard InChI is InChI=1S/C14H20N2O2/c1-12(2,3)8-9(16)11(18)14(7-15,10(8)17)13(4,5)6/h16H2,1-6H3. The van der Waals surface area contributed by atoms with Gasteiger partial charge in [-0.25, -0.2) is 0 Å². The minimum absolute atomic E-state index is 0.0519. The zero-order valence-corrected chi connectivity index (χ0v) is 11.8. The molecule has 0 heterocycles. The predicted molar refractivity (Wildman–Crippen MR) is 68.2 cm³/mol. The molecule has 98 valence electrons. The molecule has 0 aliphatic heterocycles. The number of hydrogen-bond acceptors (Lipinski definition) is 4. The van der Waals surface area contributed by atoms with Crippen LogP contribution in [0.1, 0.15) is 41.5 Å². The van der Waals surface area contributed by atoms with Crippen LogP contribution in [0.3, 0.4) is 0 Å². The highest BCUT2D eigenvalue weighted by Gasteiger charge is 2.62. The van der Waals surface area contributed by atoms with Gasteiger partial charge in [-0.15, -0.1) is 0 Å². The van der Waals surface area contributed by atoms with E-state index in [-0.39, 0.29) is 11.3 Å². The fraction of sp³-hybridized carbons (Fsp3) is 0.643. The summed E-state index contributed by atoms with van der Waals surface area (Å²) < 4.78 is 0. The number of allylic oxidation sites excluding steroid dienone is 2. The van der Waals surface area contributed by atoms with Gasteiger partial charge in [0.05, 0.1) is 11.8 Å². The molecular weight excluding hydrogens is 228 g/mol. The first kappa shape index (κ1) is 14.4. The number of hydrogen-bond donors (Lipinski definition) is 1. The van der Waals surface area contributed by atoms with Gasteiger partial charge < -0.3 is 5.73 Å². The lowest BCUT2D eigenvalue weighted by Crippen LogP contribution is -2.46. The molecule has 0 radical (unpaired) electrons. The Hall–Kier alpha value is -1.63. The zero-order chi connectivity index (χ0) is 14.5. The van der Waals surface area contributed by atoms with Gasteiger partial charge in [-0.2, -0.15) is 5.26 Å². The normalized spacial score (nSPS) is 25.6. The second-order valence-electron chi connectivity index (χ2n) is 6.81. The van der Waals surface area contributed by atoms with Crippen molar-refractivity contribution in [3.05, 3.63) is 11.3 Å². The minimum Gasteiger partial charge on any atom is -0.395 e. The van der Waals surface area contributed by atoms with Crippen molar-refractivity contribution in [2.45, 2.75) is 41.5 Å². The van der Waals surface area contributed by atoms with Crippen LogP contribution in [0.15, 0.2) is 11.3 Å². The minimum atomic E-state index is -1.68. The predicted octanol–water partition coefficient (Wildman–Crippen LogP) is 1.95. The lowest BCUT2D eigenvalue weighted by Gasteiger charge is -2.33. The van der Waals surface area contributed by atoms with Crippen molar-refractivity contribution in [3.63, 3.8) is 0 Å². The molecule has 0 saturated carbocycles. The van der Waals surface area contributed by atoms with E-state index in [2.05, 4.69) is 0 Å². The first-order chi connectivity index (χ1) is 7.91. The molecule has 0 saturated heterocycles. The number of carbonyl (C=O) groups excluding carboxylic acids is 2. The van der Waals surface area contributed by atoms with Crippen molar-refractivity contribution in [3.8, 4) is 6.07 Å². The van der Waals surface area contributed by atoms with Crippen LogP contribution in [-0.4, -0.2) is 11.6 Å². The summed E-state index contributed by atoms with van der Waals surface area (Å²) in [5.74, 6) is -0.986. The molecule has 0 spiro atoms. The van der Waals surface area contributed by atoms with E-state index >= 15 is 0 Å².